The van der Waals surface area contributed by atoms with E-state index in [2.05, 4.69) is 15.4 Å². The van der Waals surface area contributed by atoms with E-state index in [0.717, 1.165) is 22.5 Å². The Morgan fingerprint density at radius 3 is 2.40 bits per heavy atom. The van der Waals surface area contributed by atoms with E-state index in [0.29, 0.717) is 23.5 Å². The second-order valence-electron chi connectivity index (χ2n) is 9.10. The molecule has 5 rings (SSSR count). The molecule has 7 heteroatoms. The maximum Gasteiger partial charge on any atom is 0.258 e. The molecule has 1 N–H and O–H groups in total. The summed E-state index contributed by atoms with van der Waals surface area (Å²) in [6.45, 7) is 6.50. The van der Waals surface area contributed by atoms with Gasteiger partial charge < -0.3 is 10.2 Å². The van der Waals surface area contributed by atoms with Crippen molar-refractivity contribution < 1.29 is 9.59 Å². The highest BCUT2D eigenvalue weighted by atomic mass is 16.2. The number of carbonyl (C=O) groups is 2. The van der Waals surface area contributed by atoms with Crippen molar-refractivity contribution in [3.8, 4) is 0 Å². The van der Waals surface area contributed by atoms with E-state index in [1.54, 1.807) is 17.3 Å². The van der Waals surface area contributed by atoms with Crippen LogP contribution in [0.5, 0.6) is 0 Å². The van der Waals surface area contributed by atoms with Gasteiger partial charge in [-0.15, -0.1) is 0 Å². The molecule has 1 aliphatic heterocycles. The lowest BCUT2D eigenvalue weighted by molar-refractivity contribution is 0.0987. The molecule has 1 unspecified atom stereocenters. The monoisotopic (exact) mass is 465 g/mol. The number of carbonyl (C=O) groups excluding carboxylic acids is 2. The van der Waals surface area contributed by atoms with Crippen molar-refractivity contribution in [3.05, 3.63) is 107 Å². The summed E-state index contributed by atoms with van der Waals surface area (Å²) in [4.78, 5) is 32.7. The maximum absolute atomic E-state index is 13.4. The molecule has 1 atom stereocenters. The molecule has 2 heterocycles. The van der Waals surface area contributed by atoms with E-state index < -0.39 is 0 Å². The zero-order valence-electron chi connectivity index (χ0n) is 20.0. The minimum Gasteiger partial charge on any atom is -0.322 e. The molecule has 1 aliphatic rings. The van der Waals surface area contributed by atoms with Crippen LogP contribution in [0.3, 0.4) is 0 Å². The van der Waals surface area contributed by atoms with Crippen molar-refractivity contribution >= 4 is 23.2 Å². The van der Waals surface area contributed by atoms with Crippen molar-refractivity contribution in [1.29, 1.82) is 0 Å². The van der Waals surface area contributed by atoms with Gasteiger partial charge >= 0.3 is 0 Å². The molecule has 2 amide bonds. The number of hydrogen-bond acceptors (Lipinski definition) is 4. The number of aryl methyl sites for hydroxylation is 1. The Morgan fingerprint density at radius 1 is 0.971 bits per heavy atom. The van der Waals surface area contributed by atoms with Gasteiger partial charge in [0.2, 0.25) is 0 Å². The number of anilines is 2. The average Bonchev–Trinajstić information content (AvgIpc) is 3.50. The first-order valence-electron chi connectivity index (χ1n) is 11.7. The van der Waals surface area contributed by atoms with Crippen LogP contribution in [0, 0.1) is 6.92 Å². The summed E-state index contributed by atoms with van der Waals surface area (Å²) >= 11 is 0. The second kappa shape index (κ2) is 9.18. The third-order valence-corrected chi connectivity index (χ3v) is 6.26. The molecule has 0 bridgehead atoms. The zero-order valence-corrected chi connectivity index (χ0v) is 20.0. The van der Waals surface area contributed by atoms with Crippen LogP contribution >= 0.6 is 0 Å². The topological polar surface area (TPSA) is 80.1 Å². The summed E-state index contributed by atoms with van der Waals surface area (Å²) < 4.78 is 1.81. The molecule has 176 valence electrons. The molecule has 7 nitrogen and oxygen atoms in total. The van der Waals surface area contributed by atoms with E-state index in [1.165, 1.54) is 0 Å². The molecule has 35 heavy (non-hydrogen) atoms. The summed E-state index contributed by atoms with van der Waals surface area (Å²) in [5.74, 6) is 0.114. The summed E-state index contributed by atoms with van der Waals surface area (Å²) in [5.41, 5.74) is 4.63. The van der Waals surface area contributed by atoms with Crippen molar-refractivity contribution in [1.82, 2.24) is 14.8 Å². The van der Waals surface area contributed by atoms with Gasteiger partial charge in [-0.2, -0.15) is 5.10 Å². The number of nitrogens with one attached hydrogen (secondary N) is 1. The van der Waals surface area contributed by atoms with Gasteiger partial charge in [-0.05, 0) is 68.8 Å². The fourth-order valence-corrected chi connectivity index (χ4v) is 4.29. The fraction of sp³-hybridized carbons (Fsp3) is 0.214. The van der Waals surface area contributed by atoms with Crippen LogP contribution < -0.4 is 10.2 Å². The predicted octanol–water partition coefficient (Wildman–Crippen LogP) is 5.21. The molecule has 3 aromatic carbocycles. The Balaban J connectivity index is 1.51. The molecular weight excluding hydrogens is 438 g/mol. The molecular formula is C28H27N5O2. The van der Waals surface area contributed by atoms with E-state index in [4.69, 9.17) is 0 Å². The van der Waals surface area contributed by atoms with Gasteiger partial charge in [0.15, 0.2) is 5.82 Å². The smallest absolute Gasteiger partial charge is 0.258 e. The Kier molecular flexibility index (Phi) is 5.91. The molecule has 0 spiro atoms. The summed E-state index contributed by atoms with van der Waals surface area (Å²) in [7, 11) is 0. The Morgan fingerprint density at radius 2 is 1.71 bits per heavy atom. The highest BCUT2D eigenvalue weighted by Crippen LogP contribution is 2.40. The summed E-state index contributed by atoms with van der Waals surface area (Å²) in [5, 5.41) is 7.63. The van der Waals surface area contributed by atoms with Gasteiger partial charge in [0, 0.05) is 35.1 Å². The summed E-state index contributed by atoms with van der Waals surface area (Å²) in [6, 6.07) is 22.5. The highest BCUT2D eigenvalue weighted by molar-refractivity contribution is 6.09. The number of fused-ring (bicyclic) bond motifs is 1. The van der Waals surface area contributed by atoms with Gasteiger partial charge in [-0.1, -0.05) is 35.9 Å². The Hall–Kier alpha value is -4.26. The molecule has 1 aromatic heterocycles. The van der Waals surface area contributed by atoms with Gasteiger partial charge in [-0.3, -0.25) is 14.3 Å². The zero-order chi connectivity index (χ0) is 24.5. The number of aromatic nitrogens is 3. The third kappa shape index (κ3) is 4.45. The van der Waals surface area contributed by atoms with Gasteiger partial charge in [0.1, 0.15) is 6.33 Å². The van der Waals surface area contributed by atoms with Crippen LogP contribution in [-0.4, -0.2) is 33.1 Å². The average molecular weight is 466 g/mol. The quantitative estimate of drug-likeness (QED) is 0.439. The number of benzene rings is 3. The van der Waals surface area contributed by atoms with Gasteiger partial charge in [0.05, 0.1) is 5.92 Å². The first kappa shape index (κ1) is 22.5. The molecule has 0 saturated heterocycles. The minimum atomic E-state index is -0.232. The molecule has 0 aliphatic carbocycles. The van der Waals surface area contributed by atoms with E-state index in [1.807, 2.05) is 92.2 Å². The minimum absolute atomic E-state index is 0.0884. The van der Waals surface area contributed by atoms with Crippen LogP contribution in [0.4, 0.5) is 11.4 Å². The standard InChI is InChI=1S/C28H27N5O2/c1-18(2)33-17-29-26(31-33)24-16-32(28(35)20-7-5-4-6-8-20)25-14-11-21(15-23(24)25)27(34)30-22-12-9-19(3)10-13-22/h4-15,17-18,24H,16H2,1-3H3,(H,30,34). The number of nitrogens with zero attached hydrogens (tertiary/aromatic N) is 4. The number of rotatable bonds is 5. The summed E-state index contributed by atoms with van der Waals surface area (Å²) in [6.07, 6.45) is 1.72. The van der Waals surface area contributed by atoms with Crippen LogP contribution in [0.2, 0.25) is 0 Å². The number of hydrogen-bond donors (Lipinski definition) is 1. The van der Waals surface area contributed by atoms with Crippen LogP contribution in [0.15, 0.2) is 79.1 Å². The Labute approximate surface area is 204 Å². The van der Waals surface area contributed by atoms with E-state index in [9.17, 15) is 9.59 Å². The molecule has 0 fully saturated rings. The third-order valence-electron chi connectivity index (χ3n) is 6.26. The van der Waals surface area contributed by atoms with E-state index in [-0.39, 0.29) is 23.8 Å². The van der Waals surface area contributed by atoms with Crippen LogP contribution in [0.1, 0.15) is 63.5 Å². The normalized spacial score (nSPS) is 14.7. The maximum atomic E-state index is 13.4. The lowest BCUT2D eigenvalue weighted by Crippen LogP contribution is -2.30. The molecule has 4 aromatic rings. The van der Waals surface area contributed by atoms with Crippen LogP contribution in [-0.2, 0) is 0 Å². The van der Waals surface area contributed by atoms with Gasteiger partial charge in [-0.25, -0.2) is 4.98 Å². The molecule has 0 saturated carbocycles. The van der Waals surface area contributed by atoms with Gasteiger partial charge in [0.25, 0.3) is 11.8 Å². The molecule has 0 radical (unpaired) electrons. The van der Waals surface area contributed by atoms with Crippen LogP contribution in [0.25, 0.3) is 0 Å². The van der Waals surface area contributed by atoms with Crippen molar-refractivity contribution in [2.24, 2.45) is 0 Å². The van der Waals surface area contributed by atoms with E-state index >= 15 is 0 Å². The number of amides is 2. The van der Waals surface area contributed by atoms with Crippen molar-refractivity contribution in [2.75, 3.05) is 16.8 Å². The Bertz CT molecular complexity index is 1380. The SMILES string of the molecule is Cc1ccc(NC(=O)c2ccc3c(c2)C(c2ncn(C(C)C)n2)CN3C(=O)c2ccccc2)cc1. The first-order valence-corrected chi connectivity index (χ1v) is 11.7. The lowest BCUT2D eigenvalue weighted by Gasteiger charge is -2.18. The highest BCUT2D eigenvalue weighted by Gasteiger charge is 2.36. The lowest BCUT2D eigenvalue weighted by atomic mass is 9.98. The largest absolute Gasteiger partial charge is 0.322 e. The first-order chi connectivity index (χ1) is 16.9. The second-order valence-corrected chi connectivity index (χ2v) is 9.10. The van der Waals surface area contributed by atoms with Crippen molar-refractivity contribution in [2.45, 2.75) is 32.7 Å². The van der Waals surface area contributed by atoms with Crippen molar-refractivity contribution in [3.63, 3.8) is 0 Å². The predicted molar refractivity (Wildman–Crippen MR) is 136 cm³/mol. The fourth-order valence-electron chi connectivity index (χ4n) is 4.29.